The highest BCUT2D eigenvalue weighted by Crippen LogP contribution is 2.55. The van der Waals surface area contributed by atoms with Crippen LogP contribution in [-0.2, 0) is 14.4 Å². The van der Waals surface area contributed by atoms with E-state index in [0.29, 0.717) is 17.4 Å². The monoisotopic (exact) mass is 503 g/mol. The van der Waals surface area contributed by atoms with Crippen molar-refractivity contribution in [1.82, 2.24) is 0 Å². The van der Waals surface area contributed by atoms with E-state index in [0.717, 1.165) is 0 Å². The van der Waals surface area contributed by atoms with E-state index in [9.17, 15) is 44.7 Å². The van der Waals surface area contributed by atoms with Crippen LogP contribution >= 0.6 is 0 Å². The number of ketones is 2. The van der Waals surface area contributed by atoms with Crippen molar-refractivity contribution < 1.29 is 44.7 Å². The minimum absolute atomic E-state index is 0.153. The van der Waals surface area contributed by atoms with Gasteiger partial charge in [-0.3, -0.25) is 19.2 Å². The number of fused-ring (bicyclic) bond motifs is 3. The first kappa shape index (κ1) is 24.2. The Hall–Kier alpha value is -4.54. The minimum Gasteiger partial charge on any atom is -0.508 e. The molecule has 0 saturated heterocycles. The molecular weight excluding hydrogens is 482 g/mol. The van der Waals surface area contributed by atoms with Crippen LogP contribution in [0.2, 0.25) is 0 Å². The zero-order valence-corrected chi connectivity index (χ0v) is 19.1. The number of aliphatic hydroxyl groups is 4. The van der Waals surface area contributed by atoms with Crippen LogP contribution in [0.4, 0.5) is 0 Å². The summed E-state index contributed by atoms with van der Waals surface area (Å²) in [7, 11) is 0. The van der Waals surface area contributed by atoms with Crippen LogP contribution in [0.5, 0.6) is 5.75 Å². The van der Waals surface area contributed by atoms with E-state index in [2.05, 4.69) is 0 Å². The summed E-state index contributed by atoms with van der Waals surface area (Å²) >= 11 is 0. The lowest BCUT2D eigenvalue weighted by atomic mass is 9.56. The predicted molar refractivity (Wildman–Crippen MR) is 129 cm³/mol. The molecule has 0 bridgehead atoms. The topological polar surface area (TPSA) is 195 Å². The van der Waals surface area contributed by atoms with Crippen molar-refractivity contribution in [1.29, 1.82) is 0 Å². The van der Waals surface area contributed by atoms with E-state index in [1.165, 1.54) is 12.1 Å². The third-order valence-electron chi connectivity index (χ3n) is 7.27. The maximum absolute atomic E-state index is 13.8. The van der Waals surface area contributed by atoms with Crippen LogP contribution < -0.4 is 5.73 Å². The first-order chi connectivity index (χ1) is 17.5. The molecule has 2 aromatic rings. The van der Waals surface area contributed by atoms with E-state index in [4.69, 9.17) is 5.73 Å². The second-order valence-electron chi connectivity index (χ2n) is 9.24. The summed E-state index contributed by atoms with van der Waals surface area (Å²) in [5.41, 5.74) is 1.98. The van der Waals surface area contributed by atoms with Gasteiger partial charge in [-0.2, -0.15) is 0 Å². The van der Waals surface area contributed by atoms with Crippen molar-refractivity contribution in [3.8, 4) is 5.75 Å². The smallest absolute Gasteiger partial charge is 0.255 e. The summed E-state index contributed by atoms with van der Waals surface area (Å²) in [6.45, 7) is 0. The second-order valence-corrected chi connectivity index (χ2v) is 9.24. The largest absolute Gasteiger partial charge is 0.508 e. The average molecular weight is 503 g/mol. The molecule has 1 fully saturated rings. The van der Waals surface area contributed by atoms with Gasteiger partial charge in [-0.25, -0.2) is 0 Å². The highest BCUT2D eigenvalue weighted by atomic mass is 16.4. The summed E-state index contributed by atoms with van der Waals surface area (Å²) in [5, 5.41) is 55.3. The molecular formula is C27H21NO9. The maximum atomic E-state index is 13.8. The van der Waals surface area contributed by atoms with Crippen molar-refractivity contribution in [2.75, 3.05) is 0 Å². The third-order valence-corrected chi connectivity index (χ3v) is 7.27. The minimum atomic E-state index is -2.93. The highest BCUT2D eigenvalue weighted by Gasteiger charge is 2.64. The van der Waals surface area contributed by atoms with Gasteiger partial charge in [0.05, 0.1) is 17.2 Å². The molecule has 2 aromatic carbocycles. The summed E-state index contributed by atoms with van der Waals surface area (Å²) < 4.78 is 0. The number of hydrogen-bond acceptors (Lipinski definition) is 9. The molecule has 1 amide bonds. The lowest BCUT2D eigenvalue weighted by Gasteiger charge is -2.49. The number of Topliss-reactive ketones (excluding diaryl/α,β-unsaturated/α-hetero) is 2. The van der Waals surface area contributed by atoms with Gasteiger partial charge in [0.2, 0.25) is 5.78 Å². The van der Waals surface area contributed by atoms with Gasteiger partial charge >= 0.3 is 0 Å². The lowest BCUT2D eigenvalue weighted by Crippen LogP contribution is -2.63. The van der Waals surface area contributed by atoms with Gasteiger partial charge in [0.15, 0.2) is 11.4 Å². The normalized spacial score (nSPS) is 28.1. The van der Waals surface area contributed by atoms with Crippen LogP contribution in [0.25, 0.3) is 17.4 Å². The maximum Gasteiger partial charge on any atom is 0.255 e. The molecule has 37 heavy (non-hydrogen) atoms. The Morgan fingerprint density at radius 1 is 1.05 bits per heavy atom. The Bertz CT molecular complexity index is 1520. The summed E-state index contributed by atoms with van der Waals surface area (Å²) in [5.74, 6) is -8.89. The molecule has 10 nitrogen and oxygen atoms in total. The number of aromatic hydroxyl groups is 1. The van der Waals surface area contributed by atoms with Gasteiger partial charge in [0, 0.05) is 23.8 Å². The number of rotatable bonds is 3. The van der Waals surface area contributed by atoms with Crippen LogP contribution in [0.15, 0.2) is 59.4 Å². The number of nitrogens with two attached hydrogens (primary N) is 1. The van der Waals surface area contributed by atoms with Gasteiger partial charge in [0.1, 0.15) is 29.1 Å². The molecule has 0 aromatic heterocycles. The highest BCUT2D eigenvalue weighted by molar-refractivity contribution is 6.23. The van der Waals surface area contributed by atoms with Crippen molar-refractivity contribution in [3.63, 3.8) is 0 Å². The van der Waals surface area contributed by atoms with Crippen molar-refractivity contribution in [2.45, 2.75) is 18.1 Å². The van der Waals surface area contributed by atoms with E-state index in [1.807, 2.05) is 0 Å². The summed E-state index contributed by atoms with van der Waals surface area (Å²) in [6.07, 6.45) is -0.204. The van der Waals surface area contributed by atoms with Gasteiger partial charge < -0.3 is 31.3 Å². The molecule has 7 N–H and O–H groups in total. The fraction of sp³-hybridized carbons (Fsp3) is 0.185. The van der Waals surface area contributed by atoms with Crippen LogP contribution in [0, 0.1) is 11.8 Å². The van der Waals surface area contributed by atoms with Crippen LogP contribution in [-0.4, -0.2) is 61.0 Å². The second kappa shape index (κ2) is 8.26. The Labute approximate surface area is 209 Å². The lowest BCUT2D eigenvalue weighted by molar-refractivity contribution is -0.157. The van der Waals surface area contributed by atoms with Crippen molar-refractivity contribution >= 4 is 41.2 Å². The molecule has 10 heteroatoms. The molecule has 0 spiro atoms. The first-order valence-corrected chi connectivity index (χ1v) is 11.3. The fourth-order valence-corrected chi connectivity index (χ4v) is 5.59. The molecule has 5 rings (SSSR count). The number of aliphatic hydroxyl groups excluding tert-OH is 3. The molecule has 4 atom stereocenters. The van der Waals surface area contributed by atoms with Crippen LogP contribution in [0.3, 0.4) is 0 Å². The number of phenolic OH excluding ortho intramolecular Hbond substituents is 1. The molecule has 0 aliphatic heterocycles. The molecule has 3 aliphatic rings. The first-order valence-electron chi connectivity index (χ1n) is 11.3. The number of carbonyl (C=O) groups is 4. The van der Waals surface area contributed by atoms with Crippen LogP contribution in [0.1, 0.15) is 33.5 Å². The number of carbonyl (C=O) groups excluding carboxylic acids is 4. The van der Waals surface area contributed by atoms with E-state index < -0.39 is 75.8 Å². The quantitative estimate of drug-likeness (QED) is 0.263. The molecule has 3 aliphatic carbocycles. The number of primary amides is 1. The predicted octanol–water partition coefficient (Wildman–Crippen LogP) is 1.21. The summed E-state index contributed by atoms with van der Waals surface area (Å²) in [6, 6.07) is 10.7. The zero-order chi connectivity index (χ0) is 26.8. The number of aldehydes is 1. The Morgan fingerprint density at radius 3 is 2.41 bits per heavy atom. The Kier molecular flexibility index (Phi) is 5.39. The Balaban J connectivity index is 1.82. The molecule has 0 radical (unpaired) electrons. The molecule has 0 unspecified atom stereocenters. The van der Waals surface area contributed by atoms with Gasteiger partial charge in [-0.05, 0) is 28.8 Å². The Morgan fingerprint density at radius 2 is 1.73 bits per heavy atom. The number of phenols is 1. The van der Waals surface area contributed by atoms with E-state index in [1.54, 1.807) is 36.4 Å². The zero-order valence-electron chi connectivity index (χ0n) is 19.1. The van der Waals surface area contributed by atoms with E-state index >= 15 is 0 Å². The third kappa shape index (κ3) is 3.26. The van der Waals surface area contributed by atoms with Gasteiger partial charge in [0.25, 0.3) is 5.91 Å². The van der Waals surface area contributed by atoms with Gasteiger partial charge in [-0.15, -0.1) is 0 Å². The number of benzene rings is 2. The molecule has 0 heterocycles. The summed E-state index contributed by atoms with van der Waals surface area (Å²) in [4.78, 5) is 49.5. The standard InChI is InChI=1S/C27H21NO9/c28-26(36)20-17(31)9-15-22(32)19-14(8-11-3-1-4-12(7-11)10-29)13-5-2-6-16(30)18(13)23(33)21(19)25(35)27(15,37)24(20)34/h1-8,10,15,19,22,30,32-34,37H,9H2,(H2,28,36)/b14-8+/t15-,19-,22-,27-/m1/s1. The number of hydrogen-bond donors (Lipinski definition) is 6. The number of amides is 1. The van der Waals surface area contributed by atoms with Crippen molar-refractivity contribution in [2.24, 2.45) is 17.6 Å². The molecule has 188 valence electrons. The van der Waals surface area contributed by atoms with E-state index in [-0.39, 0.29) is 16.7 Å². The fourth-order valence-electron chi connectivity index (χ4n) is 5.59. The molecule has 1 saturated carbocycles. The SMILES string of the molecule is NC(=O)C1=C(O)[C@@]2(O)C(=O)C3=C(O)c4c(O)cccc4/C(=C\c4cccc(C=O)c4)[C@H]3[C@H](O)[C@H]2CC1=O. The average Bonchev–Trinajstić information content (AvgIpc) is 2.86. The van der Waals surface area contributed by atoms with Gasteiger partial charge in [-0.1, -0.05) is 36.4 Å². The van der Waals surface area contributed by atoms with Crippen molar-refractivity contribution in [3.05, 3.63) is 81.6 Å².